The number of aryl methyl sites for hydroxylation is 1. The number of carbonyl (C=O) groups excluding carboxylic acids is 1. The van der Waals surface area contributed by atoms with Crippen molar-refractivity contribution in [3.63, 3.8) is 0 Å². The second-order valence-electron chi connectivity index (χ2n) is 8.14. The topological polar surface area (TPSA) is 113 Å². The molecule has 3 rings (SSSR count). The molecule has 1 amide bonds. The van der Waals surface area contributed by atoms with E-state index >= 15 is 0 Å². The normalized spacial score (nSPS) is 25.8. The fraction of sp³-hybridized carbons (Fsp3) is 0.400. The summed E-state index contributed by atoms with van der Waals surface area (Å²) in [5, 5.41) is 30.8. The first kappa shape index (κ1) is 24.5. The zero-order valence-electron chi connectivity index (χ0n) is 18.3. The Morgan fingerprint density at radius 3 is 2.47 bits per heavy atom. The summed E-state index contributed by atoms with van der Waals surface area (Å²) in [6.07, 6.45) is 3.08. The van der Waals surface area contributed by atoms with E-state index < -0.39 is 29.9 Å². The van der Waals surface area contributed by atoms with Gasteiger partial charge in [-0.25, -0.2) is 0 Å². The lowest BCUT2D eigenvalue weighted by Crippen LogP contribution is -2.52. The molecule has 2 aromatic rings. The summed E-state index contributed by atoms with van der Waals surface area (Å²) in [6, 6.07) is 14.1. The zero-order chi connectivity index (χ0) is 23.3. The molecule has 2 aromatic carbocycles. The van der Waals surface area contributed by atoms with Crippen LogP contribution in [0.1, 0.15) is 46.8 Å². The van der Waals surface area contributed by atoms with E-state index in [-0.39, 0.29) is 5.91 Å². The third-order valence-corrected chi connectivity index (χ3v) is 6.60. The first-order valence-electron chi connectivity index (χ1n) is 10.7. The van der Waals surface area contributed by atoms with Crippen molar-refractivity contribution in [2.75, 3.05) is 6.26 Å². The molecule has 6 nitrogen and oxygen atoms in total. The van der Waals surface area contributed by atoms with Gasteiger partial charge in [0.05, 0.1) is 0 Å². The summed E-state index contributed by atoms with van der Waals surface area (Å²) in [7, 11) is 0. The lowest BCUT2D eigenvalue weighted by molar-refractivity contribution is -0.200. The highest BCUT2D eigenvalue weighted by molar-refractivity contribution is 7.99. The average Bonchev–Trinajstić information content (AvgIpc) is 2.78. The second-order valence-corrected chi connectivity index (χ2v) is 9.08. The Labute approximate surface area is 193 Å². The molecular formula is C25H31NO5S. The highest BCUT2D eigenvalue weighted by Gasteiger charge is 2.44. The van der Waals surface area contributed by atoms with E-state index in [0.717, 1.165) is 27.8 Å². The van der Waals surface area contributed by atoms with Crippen molar-refractivity contribution < 1.29 is 24.9 Å². The number of rotatable bonds is 8. The largest absolute Gasteiger partial charge is 0.387 e. The molecule has 0 saturated carbocycles. The average molecular weight is 458 g/mol. The maximum atomic E-state index is 10.8. The Morgan fingerprint density at radius 2 is 1.81 bits per heavy atom. The number of aliphatic hydroxyl groups excluding tert-OH is 3. The molecule has 0 aliphatic carbocycles. The number of ether oxygens (including phenoxy) is 1. The molecule has 32 heavy (non-hydrogen) atoms. The van der Waals surface area contributed by atoms with Gasteiger partial charge in [-0.05, 0) is 53.8 Å². The third kappa shape index (κ3) is 5.99. The Balaban J connectivity index is 1.73. The maximum absolute atomic E-state index is 10.8. The SMILES string of the molecule is CS[C@H]1O[C@@H](c2ccc(C)c(Cc3ccc(C=CCCC(N)=O)cc3)c2)[C@H](O)[C@@H](O)[C@@H]1O. The molecule has 1 aliphatic heterocycles. The van der Waals surface area contributed by atoms with Gasteiger partial charge in [-0.2, -0.15) is 0 Å². The standard InChI is InChI=1S/C25H31NO5S/c1-15-7-12-18(24-22(29)21(28)23(30)25(31-24)32-2)14-19(15)13-17-10-8-16(9-11-17)5-3-4-6-20(26)27/h3,5,7-12,14,21-25,28-30H,4,6,13H2,1-2H3,(H2,26,27)/t21-,22-,23+,24+,25-/m1/s1. The van der Waals surface area contributed by atoms with Crippen LogP contribution in [-0.2, 0) is 16.0 Å². The molecule has 0 bridgehead atoms. The van der Waals surface area contributed by atoms with Crippen molar-refractivity contribution >= 4 is 23.7 Å². The highest BCUT2D eigenvalue weighted by atomic mass is 32.2. The fourth-order valence-electron chi connectivity index (χ4n) is 3.79. The summed E-state index contributed by atoms with van der Waals surface area (Å²) in [5.41, 5.74) is 9.74. The summed E-state index contributed by atoms with van der Waals surface area (Å²) in [4.78, 5) is 10.8. The van der Waals surface area contributed by atoms with Crippen molar-refractivity contribution in [1.29, 1.82) is 0 Å². The number of allylic oxidation sites excluding steroid dienone is 1. The van der Waals surface area contributed by atoms with Crippen LogP contribution in [-0.4, -0.2) is 51.2 Å². The number of hydrogen-bond donors (Lipinski definition) is 4. The van der Waals surface area contributed by atoms with Gasteiger partial charge in [0.25, 0.3) is 0 Å². The first-order valence-corrected chi connectivity index (χ1v) is 11.9. The molecule has 172 valence electrons. The molecule has 0 aromatic heterocycles. The summed E-state index contributed by atoms with van der Waals surface area (Å²) in [6.45, 7) is 2.04. The predicted octanol–water partition coefficient (Wildman–Crippen LogP) is 2.71. The van der Waals surface area contributed by atoms with Gasteiger partial charge in [-0.1, -0.05) is 54.6 Å². The molecule has 1 fully saturated rings. The van der Waals surface area contributed by atoms with Crippen LogP contribution < -0.4 is 5.73 Å². The Bertz CT molecular complexity index is 944. The number of benzene rings is 2. The molecule has 0 unspecified atom stereocenters. The molecule has 1 heterocycles. The van der Waals surface area contributed by atoms with Gasteiger partial charge in [0.15, 0.2) is 0 Å². The maximum Gasteiger partial charge on any atom is 0.217 e. The number of carbonyl (C=O) groups is 1. The minimum absolute atomic E-state index is 0.302. The molecule has 5 N–H and O–H groups in total. The van der Waals surface area contributed by atoms with Crippen LogP contribution in [0.4, 0.5) is 0 Å². The smallest absolute Gasteiger partial charge is 0.217 e. The van der Waals surface area contributed by atoms with Crippen LogP contribution in [0.15, 0.2) is 48.5 Å². The molecule has 0 radical (unpaired) electrons. The Morgan fingerprint density at radius 1 is 1.09 bits per heavy atom. The van der Waals surface area contributed by atoms with Gasteiger partial charge < -0.3 is 25.8 Å². The molecular weight excluding hydrogens is 426 g/mol. The summed E-state index contributed by atoms with van der Waals surface area (Å²) in [5.74, 6) is -0.302. The number of aliphatic hydroxyl groups is 3. The van der Waals surface area contributed by atoms with E-state index in [1.165, 1.54) is 11.8 Å². The van der Waals surface area contributed by atoms with Crippen molar-refractivity contribution in [2.24, 2.45) is 5.73 Å². The second kappa shape index (κ2) is 11.1. The Kier molecular flexibility index (Phi) is 8.51. The minimum atomic E-state index is -1.26. The van der Waals surface area contributed by atoms with Crippen LogP contribution in [0, 0.1) is 6.92 Å². The highest BCUT2D eigenvalue weighted by Crippen LogP contribution is 2.36. The van der Waals surface area contributed by atoms with Gasteiger partial charge in [0, 0.05) is 6.42 Å². The summed E-state index contributed by atoms with van der Waals surface area (Å²) < 4.78 is 5.91. The van der Waals surface area contributed by atoms with E-state index in [0.29, 0.717) is 19.3 Å². The number of nitrogens with two attached hydrogens (primary N) is 1. The van der Waals surface area contributed by atoms with Crippen molar-refractivity contribution in [3.05, 3.63) is 76.4 Å². The molecule has 7 heteroatoms. The fourth-order valence-corrected chi connectivity index (χ4v) is 4.46. The van der Waals surface area contributed by atoms with Gasteiger partial charge in [0.2, 0.25) is 5.91 Å². The van der Waals surface area contributed by atoms with E-state index in [9.17, 15) is 20.1 Å². The number of primary amides is 1. The number of thioether (sulfide) groups is 1. The summed E-state index contributed by atoms with van der Waals surface area (Å²) >= 11 is 1.31. The zero-order valence-corrected chi connectivity index (χ0v) is 19.2. The van der Waals surface area contributed by atoms with E-state index in [2.05, 4.69) is 12.1 Å². The van der Waals surface area contributed by atoms with Gasteiger partial charge >= 0.3 is 0 Å². The van der Waals surface area contributed by atoms with E-state index in [4.69, 9.17) is 10.5 Å². The number of hydrogen-bond acceptors (Lipinski definition) is 6. The van der Waals surface area contributed by atoms with Crippen LogP contribution in [0.3, 0.4) is 0 Å². The third-order valence-electron chi connectivity index (χ3n) is 5.75. The quantitative estimate of drug-likeness (QED) is 0.485. The predicted molar refractivity (Wildman–Crippen MR) is 127 cm³/mol. The minimum Gasteiger partial charge on any atom is -0.387 e. The Hall–Kier alpha value is -2.16. The van der Waals surface area contributed by atoms with E-state index in [1.54, 1.807) is 6.26 Å². The lowest BCUT2D eigenvalue weighted by Gasteiger charge is -2.40. The molecule has 0 spiro atoms. The van der Waals surface area contributed by atoms with Crippen molar-refractivity contribution in [3.8, 4) is 0 Å². The van der Waals surface area contributed by atoms with Crippen LogP contribution in [0.2, 0.25) is 0 Å². The van der Waals surface area contributed by atoms with Gasteiger partial charge in [0.1, 0.15) is 29.9 Å². The molecule has 5 atom stereocenters. The van der Waals surface area contributed by atoms with E-state index in [1.807, 2.05) is 49.4 Å². The van der Waals surface area contributed by atoms with Crippen LogP contribution >= 0.6 is 11.8 Å². The molecule has 1 aliphatic rings. The monoisotopic (exact) mass is 457 g/mol. The lowest BCUT2D eigenvalue weighted by atomic mass is 9.91. The van der Waals surface area contributed by atoms with Crippen LogP contribution in [0.5, 0.6) is 0 Å². The van der Waals surface area contributed by atoms with Crippen molar-refractivity contribution in [2.45, 2.75) is 56.0 Å². The van der Waals surface area contributed by atoms with Crippen LogP contribution in [0.25, 0.3) is 6.08 Å². The molecule has 1 saturated heterocycles. The van der Waals surface area contributed by atoms with Gasteiger partial charge in [-0.15, -0.1) is 11.8 Å². The van der Waals surface area contributed by atoms with Gasteiger partial charge in [-0.3, -0.25) is 4.79 Å². The first-order chi connectivity index (χ1) is 15.3. The number of amides is 1. The van der Waals surface area contributed by atoms with Crippen molar-refractivity contribution in [1.82, 2.24) is 0 Å².